The summed E-state index contributed by atoms with van der Waals surface area (Å²) < 4.78 is 27.5. The Morgan fingerprint density at radius 3 is 2.57 bits per heavy atom. The first-order chi connectivity index (χ1) is 13.5. The Morgan fingerprint density at radius 1 is 1.00 bits per heavy atom. The average molecular weight is 411 g/mol. The first-order valence-corrected chi connectivity index (χ1v) is 10.8. The van der Waals surface area contributed by atoms with Crippen LogP contribution in [-0.4, -0.2) is 20.9 Å². The van der Waals surface area contributed by atoms with E-state index in [0.29, 0.717) is 0 Å². The Morgan fingerprint density at radius 2 is 1.82 bits per heavy atom. The van der Waals surface area contributed by atoms with Gasteiger partial charge in [-0.25, -0.2) is 13.1 Å². The summed E-state index contributed by atoms with van der Waals surface area (Å²) in [5.41, 5.74) is 1.13. The molecule has 1 heterocycles. The summed E-state index contributed by atoms with van der Waals surface area (Å²) in [6, 6.07) is 19.1. The molecule has 0 spiro atoms. The molecule has 5 nitrogen and oxygen atoms in total. The van der Waals surface area contributed by atoms with E-state index < -0.39 is 10.0 Å². The Balaban J connectivity index is 1.62. The van der Waals surface area contributed by atoms with Gasteiger partial charge in [-0.15, -0.1) is 11.3 Å². The topological polar surface area (TPSA) is 75.3 Å². The van der Waals surface area contributed by atoms with E-state index in [9.17, 15) is 13.2 Å². The molecule has 2 aromatic carbocycles. The van der Waals surface area contributed by atoms with Crippen LogP contribution in [0.15, 0.2) is 77.0 Å². The maximum atomic E-state index is 12.5. The van der Waals surface area contributed by atoms with Crippen LogP contribution >= 0.6 is 11.3 Å². The minimum atomic E-state index is -3.70. The number of carbonyl (C=O) groups excluding carboxylic acids is 1. The SMILES string of the molecule is O=C(NCC#Cc1ccccc1)c1cccc(S(=O)(=O)NCc2cccs2)c1. The zero-order chi connectivity index (χ0) is 19.8. The van der Waals surface area contributed by atoms with Gasteiger partial charge in [-0.3, -0.25) is 4.79 Å². The normalized spacial score (nSPS) is 10.7. The molecule has 1 amide bonds. The third-order valence-corrected chi connectivity index (χ3v) is 6.04. The van der Waals surface area contributed by atoms with E-state index in [2.05, 4.69) is 21.9 Å². The highest BCUT2D eigenvalue weighted by Gasteiger charge is 2.16. The monoisotopic (exact) mass is 410 g/mol. The lowest BCUT2D eigenvalue weighted by molar-refractivity contribution is 0.0958. The second kappa shape index (κ2) is 9.33. The number of carbonyl (C=O) groups is 1. The molecule has 0 saturated carbocycles. The largest absolute Gasteiger partial charge is 0.341 e. The lowest BCUT2D eigenvalue weighted by atomic mass is 10.2. The second-order valence-corrected chi connectivity index (χ2v) is 8.58. The molecule has 3 rings (SSSR count). The zero-order valence-corrected chi connectivity index (χ0v) is 16.5. The van der Waals surface area contributed by atoms with Crippen LogP contribution in [0, 0.1) is 11.8 Å². The highest BCUT2D eigenvalue weighted by Crippen LogP contribution is 2.14. The van der Waals surface area contributed by atoms with Crippen LogP contribution in [0.2, 0.25) is 0 Å². The Kier molecular flexibility index (Phi) is 6.61. The molecule has 142 valence electrons. The number of amides is 1. The Labute approximate surface area is 168 Å². The molecule has 2 N–H and O–H groups in total. The molecule has 0 radical (unpaired) electrons. The number of sulfonamides is 1. The predicted molar refractivity (Wildman–Crippen MR) is 110 cm³/mol. The van der Waals surface area contributed by atoms with Gasteiger partial charge in [0, 0.05) is 22.5 Å². The molecule has 0 saturated heterocycles. The molecule has 0 atom stereocenters. The summed E-state index contributed by atoms with van der Waals surface area (Å²) in [7, 11) is -3.70. The van der Waals surface area contributed by atoms with E-state index in [-0.39, 0.29) is 29.5 Å². The molecule has 0 fully saturated rings. The van der Waals surface area contributed by atoms with Crippen molar-refractivity contribution in [2.24, 2.45) is 0 Å². The van der Waals surface area contributed by atoms with E-state index in [0.717, 1.165) is 10.4 Å². The summed E-state index contributed by atoms with van der Waals surface area (Å²) in [4.78, 5) is 13.2. The van der Waals surface area contributed by atoms with Gasteiger partial charge >= 0.3 is 0 Å². The van der Waals surface area contributed by atoms with Gasteiger partial charge in [-0.1, -0.05) is 42.2 Å². The van der Waals surface area contributed by atoms with Crippen LogP contribution in [0.3, 0.4) is 0 Å². The second-order valence-electron chi connectivity index (χ2n) is 5.78. The van der Waals surface area contributed by atoms with Crippen molar-refractivity contribution >= 4 is 27.3 Å². The number of thiophene rings is 1. The fourth-order valence-corrected chi connectivity index (χ4v) is 4.15. The maximum Gasteiger partial charge on any atom is 0.252 e. The lowest BCUT2D eigenvalue weighted by Crippen LogP contribution is -2.25. The number of benzene rings is 2. The van der Waals surface area contributed by atoms with Crippen molar-refractivity contribution in [2.45, 2.75) is 11.4 Å². The van der Waals surface area contributed by atoms with Crippen molar-refractivity contribution in [2.75, 3.05) is 6.54 Å². The van der Waals surface area contributed by atoms with Crippen molar-refractivity contribution in [3.05, 3.63) is 88.1 Å². The summed E-state index contributed by atoms with van der Waals surface area (Å²) in [6.45, 7) is 0.382. The molecule has 7 heteroatoms. The van der Waals surface area contributed by atoms with Crippen LogP contribution in [0.25, 0.3) is 0 Å². The fourth-order valence-electron chi connectivity index (χ4n) is 2.36. The van der Waals surface area contributed by atoms with Crippen LogP contribution < -0.4 is 10.0 Å². The molecule has 0 aliphatic heterocycles. The molecule has 1 aromatic heterocycles. The van der Waals surface area contributed by atoms with Gasteiger partial charge in [0.15, 0.2) is 0 Å². The van der Waals surface area contributed by atoms with Crippen LogP contribution in [-0.2, 0) is 16.6 Å². The van der Waals surface area contributed by atoms with Gasteiger partial charge < -0.3 is 5.32 Å². The van der Waals surface area contributed by atoms with Crippen molar-refractivity contribution < 1.29 is 13.2 Å². The predicted octanol–water partition coefficient (Wildman–Crippen LogP) is 3.01. The molecule has 0 bridgehead atoms. The van der Waals surface area contributed by atoms with Crippen molar-refractivity contribution in [1.82, 2.24) is 10.0 Å². The van der Waals surface area contributed by atoms with Crippen LogP contribution in [0.5, 0.6) is 0 Å². The number of hydrogen-bond donors (Lipinski definition) is 2. The fraction of sp³-hybridized carbons (Fsp3) is 0.0952. The highest BCUT2D eigenvalue weighted by atomic mass is 32.2. The van der Waals surface area contributed by atoms with Gasteiger partial charge in [-0.05, 0) is 41.8 Å². The molecular weight excluding hydrogens is 392 g/mol. The standard InChI is InChI=1S/C21H18N2O3S2/c24-21(22-13-5-9-17-7-2-1-3-8-17)18-10-4-12-20(15-18)28(25,26)23-16-19-11-6-14-27-19/h1-4,6-8,10-12,14-15,23H,13,16H2,(H,22,24). The molecule has 3 aromatic rings. The van der Waals surface area contributed by atoms with E-state index in [1.165, 1.54) is 23.5 Å². The summed E-state index contributed by atoms with van der Waals surface area (Å²) >= 11 is 1.47. The van der Waals surface area contributed by atoms with E-state index in [4.69, 9.17) is 0 Å². The quantitative estimate of drug-likeness (QED) is 0.614. The minimum Gasteiger partial charge on any atom is -0.341 e. The van der Waals surface area contributed by atoms with Gasteiger partial charge in [0.25, 0.3) is 5.91 Å². The van der Waals surface area contributed by atoms with Crippen molar-refractivity contribution in [3.63, 3.8) is 0 Å². The van der Waals surface area contributed by atoms with Gasteiger partial charge in [0.1, 0.15) is 0 Å². The van der Waals surface area contributed by atoms with Crippen molar-refractivity contribution in [1.29, 1.82) is 0 Å². The van der Waals surface area contributed by atoms with Gasteiger partial charge in [-0.2, -0.15) is 0 Å². The smallest absolute Gasteiger partial charge is 0.252 e. The van der Waals surface area contributed by atoms with E-state index in [1.54, 1.807) is 12.1 Å². The highest BCUT2D eigenvalue weighted by molar-refractivity contribution is 7.89. The minimum absolute atomic E-state index is 0.0482. The molecule has 28 heavy (non-hydrogen) atoms. The average Bonchev–Trinajstić information content (AvgIpc) is 3.24. The third kappa shape index (κ3) is 5.54. The Hall–Kier alpha value is -2.92. The van der Waals surface area contributed by atoms with E-state index >= 15 is 0 Å². The van der Waals surface area contributed by atoms with Gasteiger partial charge in [0.05, 0.1) is 11.4 Å². The first kappa shape index (κ1) is 19.8. The molecule has 0 aliphatic rings. The van der Waals surface area contributed by atoms with Crippen molar-refractivity contribution in [3.8, 4) is 11.8 Å². The van der Waals surface area contributed by atoms with E-state index in [1.807, 2.05) is 47.8 Å². The number of rotatable bonds is 6. The summed E-state index contributed by atoms with van der Waals surface area (Å²) in [5, 5.41) is 4.56. The molecule has 0 unspecified atom stereocenters. The zero-order valence-electron chi connectivity index (χ0n) is 14.9. The molecular formula is C21H18N2O3S2. The lowest BCUT2D eigenvalue weighted by Gasteiger charge is -2.08. The van der Waals surface area contributed by atoms with Crippen LogP contribution in [0.1, 0.15) is 20.8 Å². The molecule has 0 aliphatic carbocycles. The number of hydrogen-bond acceptors (Lipinski definition) is 4. The summed E-state index contributed by atoms with van der Waals surface area (Å²) in [6.07, 6.45) is 0. The maximum absolute atomic E-state index is 12.5. The van der Waals surface area contributed by atoms with Gasteiger partial charge in [0.2, 0.25) is 10.0 Å². The number of nitrogens with one attached hydrogen (secondary N) is 2. The van der Waals surface area contributed by atoms with Crippen LogP contribution in [0.4, 0.5) is 0 Å². The third-order valence-electron chi connectivity index (χ3n) is 3.77. The summed E-state index contributed by atoms with van der Waals surface area (Å²) in [5.74, 6) is 5.44. The first-order valence-electron chi connectivity index (χ1n) is 8.49. The Bertz CT molecular complexity index is 1100.